The van der Waals surface area contributed by atoms with Crippen LogP contribution in [0.5, 0.6) is 0 Å². The molecule has 0 aromatic heterocycles. The number of hydrogen-bond acceptors (Lipinski definition) is 3. The van der Waals surface area contributed by atoms with E-state index < -0.39 is 0 Å². The highest BCUT2D eigenvalue weighted by molar-refractivity contribution is 4.78. The molecule has 0 spiro atoms. The van der Waals surface area contributed by atoms with Crippen molar-refractivity contribution in [3.05, 3.63) is 0 Å². The highest BCUT2D eigenvalue weighted by atomic mass is 16.5. The quantitative estimate of drug-likeness (QED) is 0.660. The third-order valence-electron chi connectivity index (χ3n) is 3.77. The second-order valence-corrected chi connectivity index (χ2v) is 5.34. The Morgan fingerprint density at radius 3 is 3.00 bits per heavy atom. The van der Waals surface area contributed by atoms with Gasteiger partial charge >= 0.3 is 0 Å². The smallest absolute Gasteiger partial charge is 0.0477 e. The highest BCUT2D eigenvalue weighted by Crippen LogP contribution is 2.19. The van der Waals surface area contributed by atoms with Crippen LogP contribution in [0.4, 0.5) is 0 Å². The summed E-state index contributed by atoms with van der Waals surface area (Å²) >= 11 is 0. The second-order valence-electron chi connectivity index (χ2n) is 5.34. The van der Waals surface area contributed by atoms with E-state index >= 15 is 0 Å². The Kier molecular flexibility index (Phi) is 7.82. The highest BCUT2D eigenvalue weighted by Gasteiger charge is 2.22. The summed E-state index contributed by atoms with van der Waals surface area (Å²) in [7, 11) is 1.79. The lowest BCUT2D eigenvalue weighted by Crippen LogP contribution is -2.44. The summed E-state index contributed by atoms with van der Waals surface area (Å²) < 4.78 is 5.17. The zero-order chi connectivity index (χ0) is 12.5. The Labute approximate surface area is 107 Å². The lowest BCUT2D eigenvalue weighted by Gasteiger charge is -2.37. The maximum atomic E-state index is 5.17. The molecule has 0 saturated carbocycles. The van der Waals surface area contributed by atoms with Crippen LogP contribution in [0, 0.1) is 5.92 Å². The molecule has 1 saturated heterocycles. The average molecular weight is 242 g/mol. The number of hydrogen-bond donors (Lipinski definition) is 1. The molecule has 1 N–H and O–H groups in total. The molecule has 0 aromatic rings. The van der Waals surface area contributed by atoms with Gasteiger partial charge in [-0.3, -0.25) is 0 Å². The number of likely N-dealkylation sites (tertiary alicyclic amines) is 1. The van der Waals surface area contributed by atoms with Crippen LogP contribution in [-0.2, 0) is 4.74 Å². The molecule has 1 rings (SSSR count). The fraction of sp³-hybridized carbons (Fsp3) is 1.00. The first kappa shape index (κ1) is 14.9. The van der Waals surface area contributed by atoms with Crippen LogP contribution in [0.25, 0.3) is 0 Å². The maximum absolute atomic E-state index is 5.17. The van der Waals surface area contributed by atoms with E-state index in [1.165, 1.54) is 38.9 Å². The molecule has 0 amide bonds. The van der Waals surface area contributed by atoms with Crippen molar-refractivity contribution in [1.29, 1.82) is 0 Å². The molecule has 0 aliphatic carbocycles. The van der Waals surface area contributed by atoms with Gasteiger partial charge in [0, 0.05) is 26.3 Å². The topological polar surface area (TPSA) is 24.5 Å². The van der Waals surface area contributed by atoms with E-state index in [0.29, 0.717) is 6.04 Å². The molecule has 0 bridgehead atoms. The molecule has 2 unspecified atom stereocenters. The van der Waals surface area contributed by atoms with Crippen molar-refractivity contribution in [2.45, 2.75) is 45.6 Å². The summed E-state index contributed by atoms with van der Waals surface area (Å²) in [5.74, 6) is 0.847. The minimum atomic E-state index is 0.670. The molecule has 3 nitrogen and oxygen atoms in total. The second kappa shape index (κ2) is 8.90. The molecule has 1 heterocycles. The minimum absolute atomic E-state index is 0.670. The molecule has 102 valence electrons. The van der Waals surface area contributed by atoms with Crippen LogP contribution >= 0.6 is 0 Å². The van der Waals surface area contributed by atoms with Gasteiger partial charge in [-0.15, -0.1) is 0 Å². The summed E-state index contributed by atoms with van der Waals surface area (Å²) in [6.45, 7) is 10.3. The van der Waals surface area contributed by atoms with Gasteiger partial charge < -0.3 is 15.0 Å². The Bertz CT molecular complexity index is 187. The van der Waals surface area contributed by atoms with E-state index in [0.717, 1.165) is 25.5 Å². The van der Waals surface area contributed by atoms with Crippen molar-refractivity contribution in [2.24, 2.45) is 5.92 Å². The van der Waals surface area contributed by atoms with Crippen LogP contribution in [0.3, 0.4) is 0 Å². The number of piperidine rings is 1. The summed E-state index contributed by atoms with van der Waals surface area (Å²) in [5, 5.41) is 3.56. The van der Waals surface area contributed by atoms with Crippen molar-refractivity contribution < 1.29 is 4.74 Å². The largest absolute Gasteiger partial charge is 0.385 e. The van der Waals surface area contributed by atoms with Crippen molar-refractivity contribution in [3.8, 4) is 0 Å². The van der Waals surface area contributed by atoms with Crippen LogP contribution < -0.4 is 5.32 Å². The van der Waals surface area contributed by atoms with Gasteiger partial charge in [0.1, 0.15) is 0 Å². The van der Waals surface area contributed by atoms with Crippen molar-refractivity contribution in [3.63, 3.8) is 0 Å². The van der Waals surface area contributed by atoms with E-state index in [1.54, 1.807) is 7.11 Å². The number of methoxy groups -OCH3 is 1. The van der Waals surface area contributed by atoms with Crippen molar-refractivity contribution in [2.75, 3.05) is 39.9 Å². The number of nitrogens with zero attached hydrogens (tertiary/aromatic N) is 1. The Morgan fingerprint density at radius 2 is 2.29 bits per heavy atom. The summed E-state index contributed by atoms with van der Waals surface area (Å²) in [6, 6.07) is 0.670. The summed E-state index contributed by atoms with van der Waals surface area (Å²) in [5.41, 5.74) is 0. The van der Waals surface area contributed by atoms with E-state index in [-0.39, 0.29) is 0 Å². The normalized spacial score (nSPS) is 23.8. The van der Waals surface area contributed by atoms with Crippen LogP contribution in [0.15, 0.2) is 0 Å². The number of rotatable bonds is 8. The predicted molar refractivity (Wildman–Crippen MR) is 73.4 cm³/mol. The van der Waals surface area contributed by atoms with Gasteiger partial charge in [0.15, 0.2) is 0 Å². The predicted octanol–water partition coefficient (Wildman–Crippen LogP) is 2.12. The Hall–Kier alpha value is -0.120. The first-order valence-corrected chi connectivity index (χ1v) is 7.21. The summed E-state index contributed by atoms with van der Waals surface area (Å²) in [4.78, 5) is 2.64. The zero-order valence-electron chi connectivity index (χ0n) is 11.9. The van der Waals surface area contributed by atoms with E-state index in [4.69, 9.17) is 4.74 Å². The molecule has 0 aromatic carbocycles. The Morgan fingerprint density at radius 1 is 1.47 bits per heavy atom. The number of nitrogens with one attached hydrogen (secondary N) is 1. The molecular weight excluding hydrogens is 212 g/mol. The molecule has 3 heteroatoms. The average Bonchev–Trinajstić information content (AvgIpc) is 2.36. The SMILES string of the molecule is CCCNCC1CCCN(C(C)CCOC)C1. The van der Waals surface area contributed by atoms with Gasteiger partial charge in [0.2, 0.25) is 0 Å². The molecular formula is C14H30N2O. The maximum Gasteiger partial charge on any atom is 0.0477 e. The zero-order valence-corrected chi connectivity index (χ0v) is 11.9. The first-order valence-electron chi connectivity index (χ1n) is 7.21. The van der Waals surface area contributed by atoms with Crippen molar-refractivity contribution >= 4 is 0 Å². The van der Waals surface area contributed by atoms with Crippen molar-refractivity contribution in [1.82, 2.24) is 10.2 Å². The third-order valence-corrected chi connectivity index (χ3v) is 3.77. The fourth-order valence-electron chi connectivity index (χ4n) is 2.62. The molecule has 2 atom stereocenters. The van der Waals surface area contributed by atoms with Crippen LogP contribution in [0.1, 0.15) is 39.5 Å². The first-order chi connectivity index (χ1) is 8.27. The van der Waals surface area contributed by atoms with Crippen LogP contribution in [0.2, 0.25) is 0 Å². The molecule has 1 fully saturated rings. The molecule has 0 radical (unpaired) electrons. The minimum Gasteiger partial charge on any atom is -0.385 e. The molecule has 17 heavy (non-hydrogen) atoms. The van der Waals surface area contributed by atoms with E-state index in [1.807, 2.05) is 0 Å². The Balaban J connectivity index is 2.22. The van der Waals surface area contributed by atoms with E-state index in [9.17, 15) is 0 Å². The van der Waals surface area contributed by atoms with Gasteiger partial charge in [-0.05, 0) is 58.2 Å². The lowest BCUT2D eigenvalue weighted by atomic mass is 9.96. The van der Waals surface area contributed by atoms with E-state index in [2.05, 4.69) is 24.1 Å². The van der Waals surface area contributed by atoms with Gasteiger partial charge in [0.25, 0.3) is 0 Å². The molecule has 1 aliphatic heterocycles. The fourth-order valence-corrected chi connectivity index (χ4v) is 2.62. The summed E-state index contributed by atoms with van der Waals surface area (Å²) in [6.07, 6.45) is 5.15. The van der Waals surface area contributed by atoms with Gasteiger partial charge in [-0.1, -0.05) is 6.92 Å². The monoisotopic (exact) mass is 242 g/mol. The van der Waals surface area contributed by atoms with Gasteiger partial charge in [-0.2, -0.15) is 0 Å². The third kappa shape index (κ3) is 5.84. The van der Waals surface area contributed by atoms with Gasteiger partial charge in [0.05, 0.1) is 0 Å². The molecule has 1 aliphatic rings. The number of ether oxygens (including phenoxy) is 1. The standard InChI is InChI=1S/C14H30N2O/c1-4-8-15-11-14-6-5-9-16(12-14)13(2)7-10-17-3/h13-15H,4-12H2,1-3H3. The van der Waals surface area contributed by atoms with Crippen LogP contribution in [-0.4, -0.2) is 50.8 Å². The lowest BCUT2D eigenvalue weighted by molar-refractivity contribution is 0.0995. The van der Waals surface area contributed by atoms with Gasteiger partial charge in [-0.25, -0.2) is 0 Å².